The number of aromatic amines is 1. The van der Waals surface area contributed by atoms with Crippen LogP contribution in [0, 0.1) is 0 Å². The number of H-pyrrole nitrogens is 1. The minimum atomic E-state index is -0.226. The molecule has 0 saturated heterocycles. The van der Waals surface area contributed by atoms with Crippen LogP contribution in [-0.4, -0.2) is 30.8 Å². The number of hydrogen-bond donors (Lipinski definition) is 2. The quantitative estimate of drug-likeness (QED) is 0.506. The van der Waals surface area contributed by atoms with Crippen molar-refractivity contribution in [2.75, 3.05) is 5.32 Å². The lowest BCUT2D eigenvalue weighted by Crippen LogP contribution is -2.12. The lowest BCUT2D eigenvalue weighted by molar-refractivity contribution is 0.102. The van der Waals surface area contributed by atoms with Gasteiger partial charge in [-0.05, 0) is 42.0 Å². The van der Waals surface area contributed by atoms with Crippen LogP contribution < -0.4 is 5.32 Å². The van der Waals surface area contributed by atoms with Gasteiger partial charge in [-0.3, -0.25) is 9.78 Å². The van der Waals surface area contributed by atoms with E-state index in [9.17, 15) is 4.79 Å². The average molecular weight is 366 g/mol. The number of benzene rings is 1. The van der Waals surface area contributed by atoms with Crippen LogP contribution in [-0.2, 0) is 0 Å². The first kappa shape index (κ1) is 16.1. The normalized spacial score (nSPS) is 11.0. The fourth-order valence-electron chi connectivity index (χ4n) is 3.16. The summed E-state index contributed by atoms with van der Waals surface area (Å²) in [7, 11) is 0. The predicted molar refractivity (Wildman–Crippen MR) is 107 cm³/mol. The highest BCUT2D eigenvalue weighted by Crippen LogP contribution is 2.30. The van der Waals surface area contributed by atoms with Crippen LogP contribution in [0.4, 0.5) is 5.82 Å². The van der Waals surface area contributed by atoms with Crippen LogP contribution in [0.5, 0.6) is 0 Å². The number of aromatic nitrogens is 5. The van der Waals surface area contributed by atoms with E-state index in [0.29, 0.717) is 17.0 Å². The molecule has 0 unspecified atom stereocenters. The molecule has 134 valence electrons. The van der Waals surface area contributed by atoms with Gasteiger partial charge in [0.1, 0.15) is 17.8 Å². The van der Waals surface area contributed by atoms with Crippen LogP contribution in [0.2, 0.25) is 0 Å². The lowest BCUT2D eigenvalue weighted by Gasteiger charge is -2.05. The summed E-state index contributed by atoms with van der Waals surface area (Å²) in [6, 6.07) is 13.1. The van der Waals surface area contributed by atoms with Gasteiger partial charge < -0.3 is 10.3 Å². The highest BCUT2D eigenvalue weighted by atomic mass is 16.1. The maximum atomic E-state index is 12.3. The van der Waals surface area contributed by atoms with E-state index >= 15 is 0 Å². The molecule has 0 bridgehead atoms. The van der Waals surface area contributed by atoms with Crippen LogP contribution in [0.3, 0.4) is 0 Å². The Bertz CT molecular complexity index is 1310. The number of rotatable bonds is 3. The maximum absolute atomic E-state index is 12.3. The topological polar surface area (TPSA) is 96.5 Å². The van der Waals surface area contributed by atoms with Crippen molar-refractivity contribution in [2.24, 2.45) is 0 Å². The first-order chi connectivity index (χ1) is 13.8. The molecule has 5 rings (SSSR count). The van der Waals surface area contributed by atoms with Gasteiger partial charge in [-0.2, -0.15) is 0 Å². The van der Waals surface area contributed by atoms with Crippen molar-refractivity contribution >= 4 is 33.7 Å². The second kappa shape index (κ2) is 6.55. The predicted octanol–water partition coefficient (Wildman–Crippen LogP) is 3.82. The van der Waals surface area contributed by atoms with E-state index in [0.717, 1.165) is 27.4 Å². The van der Waals surface area contributed by atoms with Gasteiger partial charge in [-0.15, -0.1) is 0 Å². The Hall–Kier alpha value is -4.13. The summed E-state index contributed by atoms with van der Waals surface area (Å²) in [4.78, 5) is 32.3. The Kier molecular flexibility index (Phi) is 3.76. The molecule has 1 aromatic carbocycles. The van der Waals surface area contributed by atoms with Gasteiger partial charge in [-0.1, -0.05) is 6.07 Å². The second-order valence-electron chi connectivity index (χ2n) is 6.28. The van der Waals surface area contributed by atoms with E-state index in [4.69, 9.17) is 0 Å². The molecule has 0 radical (unpaired) electrons. The number of amides is 1. The molecule has 7 heteroatoms. The van der Waals surface area contributed by atoms with Gasteiger partial charge in [0.15, 0.2) is 0 Å². The third-order valence-electron chi connectivity index (χ3n) is 4.54. The van der Waals surface area contributed by atoms with Crippen LogP contribution >= 0.6 is 0 Å². The van der Waals surface area contributed by atoms with Gasteiger partial charge in [0.05, 0.1) is 5.52 Å². The Morgan fingerprint density at radius 1 is 1.00 bits per heavy atom. The zero-order valence-corrected chi connectivity index (χ0v) is 14.6. The molecular formula is C21H14N6O. The minimum absolute atomic E-state index is 0.226. The van der Waals surface area contributed by atoms with E-state index in [1.165, 1.54) is 0 Å². The molecule has 0 atom stereocenters. The molecular weight excluding hydrogens is 352 g/mol. The number of carbonyl (C=O) groups is 1. The number of fused-ring (bicyclic) bond motifs is 2. The summed E-state index contributed by atoms with van der Waals surface area (Å²) in [5.41, 5.74) is 4.21. The van der Waals surface area contributed by atoms with Crippen LogP contribution in [0.15, 0.2) is 73.6 Å². The molecule has 7 nitrogen and oxygen atoms in total. The smallest absolute Gasteiger partial charge is 0.256 e. The Morgan fingerprint density at radius 3 is 2.79 bits per heavy atom. The Balaban J connectivity index is 1.48. The number of nitrogens with one attached hydrogen (secondary N) is 2. The van der Waals surface area contributed by atoms with Crippen molar-refractivity contribution in [2.45, 2.75) is 0 Å². The van der Waals surface area contributed by atoms with Crippen molar-refractivity contribution in [3.05, 3.63) is 79.1 Å². The SMILES string of the molecule is O=C(Nc1ccc2c(-c3ccc4ncncc4c3)c[nH]c2n1)c1ccncc1. The first-order valence-corrected chi connectivity index (χ1v) is 8.67. The standard InChI is InChI=1S/C21H14N6O/c28-21(13-5-7-22-8-6-13)27-19-4-2-16-17(11-24-20(16)26-19)14-1-3-18-15(9-14)10-23-12-25-18/h1-12H,(H2,24,26,27,28). The summed E-state index contributed by atoms with van der Waals surface area (Å²) in [5.74, 6) is 0.255. The number of nitrogens with zero attached hydrogens (tertiary/aromatic N) is 4. The van der Waals surface area contributed by atoms with Crippen molar-refractivity contribution in [3.63, 3.8) is 0 Å². The first-order valence-electron chi connectivity index (χ1n) is 8.67. The largest absolute Gasteiger partial charge is 0.345 e. The highest BCUT2D eigenvalue weighted by molar-refractivity contribution is 6.04. The number of pyridine rings is 2. The summed E-state index contributed by atoms with van der Waals surface area (Å²) in [5, 5.41) is 4.76. The molecule has 4 aromatic heterocycles. The van der Waals surface area contributed by atoms with Gasteiger partial charge >= 0.3 is 0 Å². The van der Waals surface area contributed by atoms with Gasteiger partial charge in [0.2, 0.25) is 0 Å². The monoisotopic (exact) mass is 366 g/mol. The van der Waals surface area contributed by atoms with E-state index in [1.54, 1.807) is 43.1 Å². The molecule has 2 N–H and O–H groups in total. The Labute approximate surface area is 159 Å². The zero-order valence-electron chi connectivity index (χ0n) is 14.6. The zero-order chi connectivity index (χ0) is 18.9. The molecule has 28 heavy (non-hydrogen) atoms. The summed E-state index contributed by atoms with van der Waals surface area (Å²) in [6.07, 6.45) is 8.41. The summed E-state index contributed by atoms with van der Waals surface area (Å²) in [6.45, 7) is 0. The fourth-order valence-corrected chi connectivity index (χ4v) is 3.16. The molecule has 0 spiro atoms. The summed E-state index contributed by atoms with van der Waals surface area (Å²) >= 11 is 0. The number of carbonyl (C=O) groups excluding carboxylic acids is 1. The van der Waals surface area contributed by atoms with Crippen LogP contribution in [0.25, 0.3) is 33.1 Å². The second-order valence-corrected chi connectivity index (χ2v) is 6.28. The average Bonchev–Trinajstić information content (AvgIpc) is 3.17. The molecule has 0 aliphatic rings. The number of hydrogen-bond acceptors (Lipinski definition) is 5. The van der Waals surface area contributed by atoms with Gasteiger partial charge in [0.25, 0.3) is 5.91 Å². The van der Waals surface area contributed by atoms with Crippen molar-refractivity contribution < 1.29 is 4.79 Å². The molecule has 0 aliphatic heterocycles. The van der Waals surface area contributed by atoms with Crippen molar-refractivity contribution in [1.29, 1.82) is 0 Å². The molecule has 0 aliphatic carbocycles. The van der Waals surface area contributed by atoms with Crippen LogP contribution in [0.1, 0.15) is 10.4 Å². The maximum Gasteiger partial charge on any atom is 0.256 e. The Morgan fingerprint density at radius 2 is 1.89 bits per heavy atom. The molecule has 4 heterocycles. The third-order valence-corrected chi connectivity index (χ3v) is 4.54. The van der Waals surface area contributed by atoms with Crippen molar-refractivity contribution in [1.82, 2.24) is 24.9 Å². The van der Waals surface area contributed by atoms with E-state index in [-0.39, 0.29) is 5.91 Å². The van der Waals surface area contributed by atoms with E-state index in [1.807, 2.05) is 24.4 Å². The van der Waals surface area contributed by atoms with Crippen molar-refractivity contribution in [3.8, 4) is 11.1 Å². The van der Waals surface area contributed by atoms with E-state index in [2.05, 4.69) is 36.3 Å². The molecule has 5 aromatic rings. The van der Waals surface area contributed by atoms with Gasteiger partial charge in [0, 0.05) is 46.7 Å². The molecule has 1 amide bonds. The minimum Gasteiger partial charge on any atom is -0.345 e. The molecule has 0 fully saturated rings. The fraction of sp³-hybridized carbons (Fsp3) is 0. The highest BCUT2D eigenvalue weighted by Gasteiger charge is 2.11. The summed E-state index contributed by atoms with van der Waals surface area (Å²) < 4.78 is 0. The molecule has 0 saturated carbocycles. The van der Waals surface area contributed by atoms with Gasteiger partial charge in [-0.25, -0.2) is 15.0 Å². The number of anilines is 1. The van der Waals surface area contributed by atoms with E-state index < -0.39 is 0 Å². The lowest BCUT2D eigenvalue weighted by atomic mass is 10.0. The third kappa shape index (κ3) is 2.84.